The van der Waals surface area contributed by atoms with Crippen LogP contribution in [0, 0.1) is 0 Å². The quantitative estimate of drug-likeness (QED) is 0.639. The first-order valence-corrected chi connectivity index (χ1v) is 11.3. The smallest absolute Gasteiger partial charge is 0.229 e. The summed E-state index contributed by atoms with van der Waals surface area (Å²) in [6, 6.07) is 15.1. The van der Waals surface area contributed by atoms with Gasteiger partial charge in [-0.05, 0) is 35.8 Å². The monoisotopic (exact) mass is 403 g/mol. The predicted octanol–water partition coefficient (Wildman–Crippen LogP) is 2.76. The zero-order valence-corrected chi connectivity index (χ0v) is 17.6. The molecule has 6 nitrogen and oxygen atoms in total. The molecule has 0 unspecified atom stereocenters. The Bertz CT molecular complexity index is 876. The van der Waals surface area contributed by atoms with Crippen molar-refractivity contribution in [3.05, 3.63) is 65.2 Å². The summed E-state index contributed by atoms with van der Waals surface area (Å²) in [5.41, 5.74) is 3.35. The van der Waals surface area contributed by atoms with Crippen LogP contribution in [0.3, 0.4) is 0 Å². The van der Waals surface area contributed by atoms with Crippen molar-refractivity contribution in [3.63, 3.8) is 0 Å². The highest BCUT2D eigenvalue weighted by atomic mass is 32.2. The number of rotatable bonds is 10. The standard InChI is InChI=1S/C21H29N3O3S/c1-4-24(5-2)16-18-12-10-17(11-13-18)15-22-21(25)14-19-8-6-7-9-20(19)23-28(3,26)27/h6-13,23H,4-5,14-16H2,1-3H3,(H,22,25). The summed E-state index contributed by atoms with van der Waals surface area (Å²) in [6.07, 6.45) is 1.20. The summed E-state index contributed by atoms with van der Waals surface area (Å²) >= 11 is 0. The second-order valence-electron chi connectivity index (χ2n) is 6.76. The van der Waals surface area contributed by atoms with Gasteiger partial charge >= 0.3 is 0 Å². The van der Waals surface area contributed by atoms with Crippen LogP contribution in [-0.2, 0) is 34.3 Å². The summed E-state index contributed by atoms with van der Waals surface area (Å²) < 4.78 is 25.4. The van der Waals surface area contributed by atoms with E-state index in [4.69, 9.17) is 0 Å². The van der Waals surface area contributed by atoms with E-state index in [2.05, 4.69) is 40.9 Å². The van der Waals surface area contributed by atoms with E-state index in [1.54, 1.807) is 24.3 Å². The minimum atomic E-state index is -3.39. The average molecular weight is 404 g/mol. The van der Waals surface area contributed by atoms with Gasteiger partial charge in [0.05, 0.1) is 18.4 Å². The Morgan fingerprint density at radius 2 is 1.57 bits per heavy atom. The molecule has 0 aromatic heterocycles. The lowest BCUT2D eigenvalue weighted by Gasteiger charge is -2.18. The van der Waals surface area contributed by atoms with Gasteiger partial charge < -0.3 is 5.32 Å². The maximum Gasteiger partial charge on any atom is 0.229 e. The molecular weight excluding hydrogens is 374 g/mol. The van der Waals surface area contributed by atoms with Gasteiger partial charge in [0.2, 0.25) is 15.9 Å². The molecule has 0 spiro atoms. The summed E-state index contributed by atoms with van der Waals surface area (Å²) in [5.74, 6) is -0.157. The highest BCUT2D eigenvalue weighted by molar-refractivity contribution is 7.92. The lowest BCUT2D eigenvalue weighted by atomic mass is 10.1. The number of carbonyl (C=O) groups excluding carboxylic acids is 1. The van der Waals surface area contributed by atoms with Gasteiger partial charge in [-0.2, -0.15) is 0 Å². The zero-order valence-electron chi connectivity index (χ0n) is 16.7. The van der Waals surface area contributed by atoms with Crippen molar-refractivity contribution in [3.8, 4) is 0 Å². The van der Waals surface area contributed by atoms with E-state index < -0.39 is 10.0 Å². The summed E-state index contributed by atoms with van der Waals surface area (Å²) in [5, 5.41) is 2.89. The molecule has 0 fully saturated rings. The van der Waals surface area contributed by atoms with E-state index >= 15 is 0 Å². The molecule has 0 saturated heterocycles. The van der Waals surface area contributed by atoms with Crippen molar-refractivity contribution in [2.75, 3.05) is 24.1 Å². The molecule has 0 atom stereocenters. The SMILES string of the molecule is CCN(CC)Cc1ccc(CNC(=O)Cc2ccccc2NS(C)(=O)=O)cc1. The zero-order chi connectivity index (χ0) is 20.6. The van der Waals surface area contributed by atoms with Crippen LogP contribution in [0.5, 0.6) is 0 Å². The minimum Gasteiger partial charge on any atom is -0.352 e. The molecule has 0 saturated carbocycles. The molecule has 28 heavy (non-hydrogen) atoms. The first-order chi connectivity index (χ1) is 13.3. The molecule has 0 aliphatic rings. The van der Waals surface area contributed by atoms with Crippen LogP contribution in [0.4, 0.5) is 5.69 Å². The molecule has 0 aliphatic carbocycles. The molecule has 0 radical (unpaired) electrons. The van der Waals surface area contributed by atoms with Crippen molar-refractivity contribution in [2.45, 2.75) is 33.4 Å². The number of para-hydroxylation sites is 1. The number of hydrogen-bond acceptors (Lipinski definition) is 4. The van der Waals surface area contributed by atoms with Crippen molar-refractivity contribution in [2.24, 2.45) is 0 Å². The number of sulfonamides is 1. The highest BCUT2D eigenvalue weighted by Crippen LogP contribution is 2.17. The van der Waals surface area contributed by atoms with Gasteiger partial charge in [-0.1, -0.05) is 56.3 Å². The van der Waals surface area contributed by atoms with Gasteiger partial charge in [-0.15, -0.1) is 0 Å². The third kappa shape index (κ3) is 7.32. The molecule has 7 heteroatoms. The van der Waals surface area contributed by atoms with Crippen LogP contribution in [0.25, 0.3) is 0 Å². The number of benzene rings is 2. The van der Waals surface area contributed by atoms with E-state index in [1.165, 1.54) is 5.56 Å². The van der Waals surface area contributed by atoms with Gasteiger partial charge in [-0.3, -0.25) is 14.4 Å². The van der Waals surface area contributed by atoms with Crippen LogP contribution in [0.1, 0.15) is 30.5 Å². The molecule has 152 valence electrons. The average Bonchev–Trinajstić information content (AvgIpc) is 2.66. The van der Waals surface area contributed by atoms with Crippen LogP contribution in [-0.4, -0.2) is 38.6 Å². The van der Waals surface area contributed by atoms with Crippen LogP contribution >= 0.6 is 0 Å². The van der Waals surface area contributed by atoms with E-state index in [-0.39, 0.29) is 12.3 Å². The molecule has 2 N–H and O–H groups in total. The fraction of sp³-hybridized carbons (Fsp3) is 0.381. The fourth-order valence-electron chi connectivity index (χ4n) is 2.88. The predicted molar refractivity (Wildman–Crippen MR) is 114 cm³/mol. The Hall–Kier alpha value is -2.38. The minimum absolute atomic E-state index is 0.110. The van der Waals surface area contributed by atoms with Crippen LogP contribution in [0.15, 0.2) is 48.5 Å². The molecule has 1 amide bonds. The van der Waals surface area contributed by atoms with Gasteiger partial charge in [0.15, 0.2) is 0 Å². The first kappa shape index (κ1) is 21.9. The van der Waals surface area contributed by atoms with Crippen LogP contribution < -0.4 is 10.0 Å². The van der Waals surface area contributed by atoms with Crippen molar-refractivity contribution >= 4 is 21.6 Å². The number of nitrogens with zero attached hydrogens (tertiary/aromatic N) is 1. The second kappa shape index (κ2) is 10.2. The Labute approximate surface area is 168 Å². The number of amides is 1. The number of hydrogen-bond donors (Lipinski definition) is 2. The third-order valence-corrected chi connectivity index (χ3v) is 5.07. The molecule has 2 aromatic rings. The Balaban J connectivity index is 1.91. The first-order valence-electron chi connectivity index (χ1n) is 9.43. The lowest BCUT2D eigenvalue weighted by Crippen LogP contribution is -2.25. The Kier molecular flexibility index (Phi) is 8.02. The summed E-state index contributed by atoms with van der Waals surface area (Å²) in [6.45, 7) is 7.69. The largest absolute Gasteiger partial charge is 0.352 e. The molecule has 0 aliphatic heterocycles. The normalized spacial score (nSPS) is 11.4. The number of nitrogens with one attached hydrogen (secondary N) is 2. The Morgan fingerprint density at radius 1 is 0.964 bits per heavy atom. The molecular formula is C21H29N3O3S. The molecule has 2 rings (SSSR count). The fourth-order valence-corrected chi connectivity index (χ4v) is 3.48. The van der Waals surface area contributed by atoms with Crippen LogP contribution in [0.2, 0.25) is 0 Å². The maximum atomic E-state index is 12.3. The van der Waals surface area contributed by atoms with E-state index in [1.807, 2.05) is 12.1 Å². The summed E-state index contributed by atoms with van der Waals surface area (Å²) in [4.78, 5) is 14.6. The van der Waals surface area contributed by atoms with E-state index in [0.29, 0.717) is 17.8 Å². The van der Waals surface area contributed by atoms with Gasteiger partial charge in [0, 0.05) is 13.1 Å². The van der Waals surface area contributed by atoms with Gasteiger partial charge in [-0.25, -0.2) is 8.42 Å². The molecule has 0 heterocycles. The summed E-state index contributed by atoms with van der Waals surface area (Å²) in [7, 11) is -3.39. The second-order valence-corrected chi connectivity index (χ2v) is 8.51. The lowest BCUT2D eigenvalue weighted by molar-refractivity contribution is -0.120. The van der Waals surface area contributed by atoms with E-state index in [9.17, 15) is 13.2 Å². The highest BCUT2D eigenvalue weighted by Gasteiger charge is 2.11. The molecule has 0 bridgehead atoms. The number of anilines is 1. The van der Waals surface area contributed by atoms with Gasteiger partial charge in [0.1, 0.15) is 0 Å². The third-order valence-electron chi connectivity index (χ3n) is 4.48. The topological polar surface area (TPSA) is 78.5 Å². The van der Waals surface area contributed by atoms with Gasteiger partial charge in [0.25, 0.3) is 0 Å². The Morgan fingerprint density at radius 3 is 2.18 bits per heavy atom. The number of carbonyl (C=O) groups is 1. The van der Waals surface area contributed by atoms with Crippen molar-refractivity contribution in [1.82, 2.24) is 10.2 Å². The molecule has 2 aromatic carbocycles. The van der Waals surface area contributed by atoms with Crippen molar-refractivity contribution in [1.29, 1.82) is 0 Å². The van der Waals surface area contributed by atoms with Crippen molar-refractivity contribution < 1.29 is 13.2 Å². The van der Waals surface area contributed by atoms with E-state index in [0.717, 1.165) is 31.5 Å². The maximum absolute atomic E-state index is 12.3.